The fraction of sp³-hybridized carbons (Fsp3) is 0.333. The Labute approximate surface area is 176 Å². The number of carbonyl (C=O) groups excluding carboxylic acids is 1. The second-order valence-corrected chi connectivity index (χ2v) is 7.06. The maximum atomic E-state index is 13.3. The number of nitrogens with zero attached hydrogens (tertiary/aromatic N) is 5. The highest BCUT2D eigenvalue weighted by Crippen LogP contribution is 2.40. The van der Waals surface area contributed by atoms with Crippen molar-refractivity contribution < 1.29 is 18.0 Å². The van der Waals surface area contributed by atoms with Crippen molar-refractivity contribution >= 4 is 23.6 Å². The zero-order chi connectivity index (χ0) is 22.1. The van der Waals surface area contributed by atoms with Crippen molar-refractivity contribution in [2.75, 3.05) is 13.1 Å². The molecular weight excluding hydrogens is 409 g/mol. The number of halogens is 3. The summed E-state index contributed by atoms with van der Waals surface area (Å²) in [6.45, 7) is 3.71. The van der Waals surface area contributed by atoms with Crippen LogP contribution < -0.4 is 9.98 Å². The fourth-order valence-electron chi connectivity index (χ4n) is 3.96. The lowest BCUT2D eigenvalue weighted by molar-refractivity contribution is -0.167. The molecular formula is C21H16F3N6O+. The predicted octanol–water partition coefficient (Wildman–Crippen LogP) is 1.19. The Kier molecular flexibility index (Phi) is 5.04. The van der Waals surface area contributed by atoms with Crippen LogP contribution in [0.2, 0.25) is 0 Å². The Bertz CT molecular complexity index is 1110. The smallest absolute Gasteiger partial charge is 0.345 e. The molecule has 0 saturated carbocycles. The second-order valence-electron chi connectivity index (χ2n) is 7.06. The van der Waals surface area contributed by atoms with Crippen molar-refractivity contribution in [1.29, 1.82) is 0 Å². The Balaban J connectivity index is 1.77. The zero-order valence-electron chi connectivity index (χ0n) is 16.3. The molecule has 156 valence electrons. The van der Waals surface area contributed by atoms with E-state index in [0.29, 0.717) is 17.8 Å². The fourth-order valence-corrected chi connectivity index (χ4v) is 3.96. The van der Waals surface area contributed by atoms with Crippen LogP contribution in [-0.2, 0) is 4.79 Å². The lowest BCUT2D eigenvalue weighted by Gasteiger charge is -2.41. The topological polar surface area (TPSA) is 76.6 Å². The molecule has 1 unspecified atom stereocenters. The summed E-state index contributed by atoms with van der Waals surface area (Å²) in [6, 6.07) is 10.9. The summed E-state index contributed by atoms with van der Waals surface area (Å²) >= 11 is 0. The number of nitrogens with one attached hydrogen (secondary N) is 1. The van der Waals surface area contributed by atoms with Gasteiger partial charge in [-0.05, 0) is 36.5 Å². The van der Waals surface area contributed by atoms with E-state index in [0.717, 1.165) is 0 Å². The van der Waals surface area contributed by atoms with Gasteiger partial charge in [0.15, 0.2) is 0 Å². The second kappa shape index (κ2) is 7.70. The minimum absolute atomic E-state index is 0.0231. The third-order valence-corrected chi connectivity index (χ3v) is 5.16. The summed E-state index contributed by atoms with van der Waals surface area (Å²) in [4.78, 5) is 22.5. The average Bonchev–Trinajstić information content (AvgIpc) is 3.37. The first-order chi connectivity index (χ1) is 14.8. The van der Waals surface area contributed by atoms with E-state index in [2.05, 4.69) is 56.9 Å². The summed E-state index contributed by atoms with van der Waals surface area (Å²) in [5.41, 5.74) is -1.14. The Morgan fingerprint density at radius 2 is 2.32 bits per heavy atom. The molecule has 0 bridgehead atoms. The van der Waals surface area contributed by atoms with Gasteiger partial charge in [0.25, 0.3) is 0 Å². The number of alkyl halides is 3. The van der Waals surface area contributed by atoms with Gasteiger partial charge in [-0.25, -0.2) is 0 Å². The van der Waals surface area contributed by atoms with Crippen LogP contribution in [0.3, 0.4) is 0 Å². The van der Waals surface area contributed by atoms with Crippen molar-refractivity contribution in [2.45, 2.75) is 31.0 Å². The van der Waals surface area contributed by atoms with Crippen LogP contribution in [0.25, 0.3) is 11.4 Å². The van der Waals surface area contributed by atoms with Crippen LogP contribution in [-0.4, -0.2) is 62.8 Å². The molecule has 7 nitrogen and oxygen atoms in total. The summed E-state index contributed by atoms with van der Waals surface area (Å²) < 4.78 is 45.3. The maximum Gasteiger partial charge on any atom is 0.513 e. The molecule has 2 aliphatic heterocycles. The molecule has 1 N–H and O–H groups in total. The lowest BCUT2D eigenvalue weighted by Crippen LogP contribution is -2.65. The summed E-state index contributed by atoms with van der Waals surface area (Å²) in [5.74, 6) is 2.38. The van der Waals surface area contributed by atoms with Gasteiger partial charge in [-0.1, -0.05) is 18.2 Å². The van der Waals surface area contributed by atoms with Gasteiger partial charge in [0.2, 0.25) is 17.6 Å². The van der Waals surface area contributed by atoms with Gasteiger partial charge >= 0.3 is 12.1 Å². The minimum atomic E-state index is -4.51. The largest absolute Gasteiger partial charge is 0.513 e. The van der Waals surface area contributed by atoms with Crippen LogP contribution >= 0.6 is 0 Å². The van der Waals surface area contributed by atoms with E-state index in [4.69, 9.17) is 0 Å². The highest BCUT2D eigenvalue weighted by molar-refractivity contribution is 6.05. The molecule has 1 aromatic heterocycles. The molecule has 3 heterocycles. The van der Waals surface area contributed by atoms with Crippen LogP contribution in [0.5, 0.6) is 0 Å². The molecule has 1 atom stereocenters. The number of fused-ring (bicyclic) bond motifs is 1. The monoisotopic (exact) mass is 425 g/mol. The van der Waals surface area contributed by atoms with Crippen molar-refractivity contribution in [2.24, 2.45) is 4.99 Å². The van der Waals surface area contributed by atoms with Crippen LogP contribution in [0.4, 0.5) is 13.2 Å². The number of aromatic nitrogens is 2. The average molecular weight is 425 g/mol. The Morgan fingerprint density at radius 1 is 1.48 bits per heavy atom. The maximum absolute atomic E-state index is 13.3. The van der Waals surface area contributed by atoms with Gasteiger partial charge in [-0.15, -0.1) is 4.57 Å². The van der Waals surface area contributed by atoms with Crippen molar-refractivity contribution in [3.05, 3.63) is 49.3 Å². The first-order valence-electron chi connectivity index (χ1n) is 9.41. The minimum Gasteiger partial charge on any atom is -0.345 e. The molecule has 2 saturated heterocycles. The van der Waals surface area contributed by atoms with Gasteiger partial charge in [-0.3, -0.25) is 4.79 Å². The van der Waals surface area contributed by atoms with Crippen molar-refractivity contribution in [1.82, 2.24) is 24.4 Å². The molecule has 2 aromatic rings. The van der Waals surface area contributed by atoms with Crippen molar-refractivity contribution in [3.8, 4) is 11.4 Å². The van der Waals surface area contributed by atoms with Gasteiger partial charge < -0.3 is 10.2 Å². The van der Waals surface area contributed by atoms with Gasteiger partial charge in [0.05, 0.1) is 24.7 Å². The number of aliphatic imine (C=N–C) groups is 1. The molecule has 2 aliphatic rings. The molecule has 31 heavy (non-hydrogen) atoms. The Morgan fingerprint density at radius 3 is 3.03 bits per heavy atom. The molecule has 10 heteroatoms. The molecule has 1 aromatic carbocycles. The van der Waals surface area contributed by atoms with E-state index >= 15 is 0 Å². The van der Waals surface area contributed by atoms with E-state index in [9.17, 15) is 18.0 Å². The van der Waals surface area contributed by atoms with Crippen LogP contribution in [0.1, 0.15) is 19.3 Å². The molecule has 4 rings (SSSR count). The number of rotatable bonds is 2. The number of amides is 1. The highest BCUT2D eigenvalue weighted by Gasteiger charge is 2.57. The number of piperazine rings is 1. The number of hydrogen-bond acceptors (Lipinski definition) is 2. The van der Waals surface area contributed by atoms with Crippen LogP contribution in [0.15, 0.2) is 29.8 Å². The zero-order valence-corrected chi connectivity index (χ0v) is 16.3. The molecule has 0 aliphatic carbocycles. The normalized spacial score (nSPS) is 21.5. The van der Waals surface area contributed by atoms with Crippen LogP contribution in [0, 0.1) is 24.5 Å². The number of carbonyl (C=O) groups is 1. The summed E-state index contributed by atoms with van der Waals surface area (Å²) in [5, 5.41) is 2.55. The Hall–Kier alpha value is -3.97. The quantitative estimate of drug-likeness (QED) is 0.446. The highest BCUT2D eigenvalue weighted by atomic mass is 19.4. The number of amidine groups is 1. The first-order valence-corrected chi connectivity index (χ1v) is 9.41. The standard InChI is InChI=1S/C21H15F3N6O/c1-2-25-19(29-12-10-26-17(29)15-7-4-3-5-8-15)28-16-13-27-18(31)20(14-21(22,23)24)9-6-11-30(16)20/h3-4,7H,1,6,9,11,13-14H2/p+1. The van der Waals surface area contributed by atoms with Gasteiger partial charge in [0, 0.05) is 6.54 Å². The molecule has 1 amide bonds. The molecule has 0 spiro atoms. The third-order valence-electron chi connectivity index (χ3n) is 5.16. The molecule has 0 radical (unpaired) electrons. The third kappa shape index (κ3) is 3.78. The lowest BCUT2D eigenvalue weighted by atomic mass is 9.88. The summed E-state index contributed by atoms with van der Waals surface area (Å²) in [6.07, 6.45) is 0.103. The van der Waals surface area contributed by atoms with E-state index in [1.54, 1.807) is 18.2 Å². The summed E-state index contributed by atoms with van der Waals surface area (Å²) in [7, 11) is 0. The van der Waals surface area contributed by atoms with E-state index in [1.807, 2.05) is 0 Å². The van der Waals surface area contributed by atoms with Gasteiger partial charge in [-0.2, -0.15) is 22.8 Å². The molecule has 2 fully saturated rings. The van der Waals surface area contributed by atoms with E-state index < -0.39 is 24.0 Å². The van der Waals surface area contributed by atoms with E-state index in [1.165, 1.54) is 9.47 Å². The number of hydrogen-bond donors (Lipinski definition) is 1. The first kappa shape index (κ1) is 20.3. The predicted molar refractivity (Wildman–Crippen MR) is 106 cm³/mol. The van der Waals surface area contributed by atoms with Crippen molar-refractivity contribution in [3.63, 3.8) is 0 Å². The SMILES string of the molecule is C=C=[N+]=C(N=C1CNC(=O)C2(CC(F)(F)F)CCCN12)n1c#cnc1-c1c#cccc1. The van der Waals surface area contributed by atoms with E-state index in [-0.39, 0.29) is 31.3 Å². The van der Waals surface area contributed by atoms with Gasteiger partial charge in [0.1, 0.15) is 17.6 Å².